The monoisotopic (exact) mass is 297 g/mol. The highest BCUT2D eigenvalue weighted by Crippen LogP contribution is 2.10. The standard InChI is InChI=1S/C12H19N5O2S/c1-13-9-11-8-12(10-14-11)20(18,19)16-5-3-7-17-6-2-4-15-17/h2,4,6,8,10,13-14,16H,3,5,7,9H2,1H3. The normalized spacial score (nSPS) is 11.8. The molecular weight excluding hydrogens is 278 g/mol. The fraction of sp³-hybridized carbons (Fsp3) is 0.417. The van der Waals surface area contributed by atoms with Gasteiger partial charge >= 0.3 is 0 Å². The molecule has 8 heteroatoms. The van der Waals surface area contributed by atoms with E-state index in [9.17, 15) is 8.42 Å². The van der Waals surface area contributed by atoms with Crippen LogP contribution in [0.3, 0.4) is 0 Å². The molecule has 3 N–H and O–H groups in total. The molecule has 0 spiro atoms. The second kappa shape index (κ2) is 6.69. The van der Waals surface area contributed by atoms with Crippen molar-refractivity contribution in [3.63, 3.8) is 0 Å². The summed E-state index contributed by atoms with van der Waals surface area (Å²) in [6, 6.07) is 3.47. The van der Waals surface area contributed by atoms with Crippen LogP contribution < -0.4 is 10.0 Å². The first-order valence-corrected chi connectivity index (χ1v) is 7.89. The largest absolute Gasteiger partial charge is 0.363 e. The molecule has 110 valence electrons. The lowest BCUT2D eigenvalue weighted by Gasteiger charge is -2.05. The van der Waals surface area contributed by atoms with E-state index in [0.717, 1.165) is 5.69 Å². The van der Waals surface area contributed by atoms with Gasteiger partial charge in [0.15, 0.2) is 0 Å². The topological polar surface area (TPSA) is 91.8 Å². The summed E-state index contributed by atoms with van der Waals surface area (Å²) >= 11 is 0. The Morgan fingerprint density at radius 3 is 3.00 bits per heavy atom. The molecule has 20 heavy (non-hydrogen) atoms. The average Bonchev–Trinajstić information content (AvgIpc) is 3.06. The third kappa shape index (κ3) is 3.92. The van der Waals surface area contributed by atoms with Crippen molar-refractivity contribution in [3.8, 4) is 0 Å². The zero-order valence-electron chi connectivity index (χ0n) is 11.3. The Bertz CT molecular complexity index is 618. The molecule has 0 saturated carbocycles. The lowest BCUT2D eigenvalue weighted by Crippen LogP contribution is -2.25. The van der Waals surface area contributed by atoms with Gasteiger partial charge in [0.05, 0.1) is 4.90 Å². The van der Waals surface area contributed by atoms with Gasteiger partial charge in [0, 0.05) is 43.9 Å². The van der Waals surface area contributed by atoms with Gasteiger partial charge in [0.2, 0.25) is 10.0 Å². The number of hydrogen-bond acceptors (Lipinski definition) is 4. The fourth-order valence-electron chi connectivity index (χ4n) is 1.83. The minimum atomic E-state index is -3.44. The molecule has 7 nitrogen and oxygen atoms in total. The number of aryl methyl sites for hydroxylation is 1. The third-order valence-electron chi connectivity index (χ3n) is 2.81. The molecule has 2 rings (SSSR count). The molecule has 0 aliphatic rings. The van der Waals surface area contributed by atoms with Crippen LogP contribution in [0.25, 0.3) is 0 Å². The van der Waals surface area contributed by atoms with Gasteiger partial charge in [-0.3, -0.25) is 4.68 Å². The van der Waals surface area contributed by atoms with Crippen molar-refractivity contribution in [2.45, 2.75) is 24.4 Å². The van der Waals surface area contributed by atoms with Crippen molar-refractivity contribution in [2.75, 3.05) is 13.6 Å². The highest BCUT2D eigenvalue weighted by atomic mass is 32.2. The fourth-order valence-corrected chi connectivity index (χ4v) is 2.92. The van der Waals surface area contributed by atoms with E-state index in [0.29, 0.717) is 26.1 Å². The van der Waals surface area contributed by atoms with Gasteiger partial charge in [-0.1, -0.05) is 0 Å². The summed E-state index contributed by atoms with van der Waals surface area (Å²) < 4.78 is 28.4. The van der Waals surface area contributed by atoms with Crippen LogP contribution >= 0.6 is 0 Å². The molecular formula is C12H19N5O2S. The number of aromatic nitrogens is 3. The van der Waals surface area contributed by atoms with Crippen molar-refractivity contribution in [1.82, 2.24) is 24.8 Å². The molecule has 0 aliphatic carbocycles. The van der Waals surface area contributed by atoms with E-state index < -0.39 is 10.0 Å². The van der Waals surface area contributed by atoms with Gasteiger partial charge in [-0.25, -0.2) is 13.1 Å². The van der Waals surface area contributed by atoms with Crippen molar-refractivity contribution < 1.29 is 8.42 Å². The van der Waals surface area contributed by atoms with Crippen molar-refractivity contribution in [1.29, 1.82) is 0 Å². The average molecular weight is 297 g/mol. The summed E-state index contributed by atoms with van der Waals surface area (Å²) in [4.78, 5) is 3.20. The van der Waals surface area contributed by atoms with Crippen LogP contribution in [-0.2, 0) is 23.1 Å². The van der Waals surface area contributed by atoms with Gasteiger partial charge in [0.25, 0.3) is 0 Å². The number of rotatable bonds is 8. The highest BCUT2D eigenvalue weighted by molar-refractivity contribution is 7.89. The van der Waals surface area contributed by atoms with Crippen molar-refractivity contribution in [2.24, 2.45) is 0 Å². The van der Waals surface area contributed by atoms with Crippen LogP contribution in [0.15, 0.2) is 35.6 Å². The molecule has 0 fully saturated rings. The SMILES string of the molecule is CNCc1cc(S(=O)(=O)NCCCn2cccn2)c[nH]1. The maximum Gasteiger partial charge on any atom is 0.242 e. The van der Waals surface area contributed by atoms with E-state index in [-0.39, 0.29) is 4.90 Å². The minimum Gasteiger partial charge on any atom is -0.363 e. The predicted octanol–water partition coefficient (Wildman–Crippen LogP) is 0.299. The molecule has 0 saturated heterocycles. The van der Waals surface area contributed by atoms with E-state index in [1.807, 2.05) is 19.3 Å². The molecule has 0 bridgehead atoms. The van der Waals surface area contributed by atoms with Gasteiger partial charge in [0.1, 0.15) is 0 Å². The highest BCUT2D eigenvalue weighted by Gasteiger charge is 2.15. The van der Waals surface area contributed by atoms with Gasteiger partial charge in [-0.15, -0.1) is 0 Å². The summed E-state index contributed by atoms with van der Waals surface area (Å²) in [5.74, 6) is 0. The Morgan fingerprint density at radius 2 is 2.30 bits per heavy atom. The van der Waals surface area contributed by atoms with Crippen LogP contribution in [0.5, 0.6) is 0 Å². The second-order valence-corrected chi connectivity index (χ2v) is 6.18. The number of sulfonamides is 1. The maximum absolute atomic E-state index is 12.0. The van der Waals surface area contributed by atoms with Crippen LogP contribution in [0, 0.1) is 0 Å². The lowest BCUT2D eigenvalue weighted by atomic mass is 10.4. The van der Waals surface area contributed by atoms with Gasteiger partial charge in [-0.05, 0) is 25.6 Å². The van der Waals surface area contributed by atoms with E-state index >= 15 is 0 Å². The van der Waals surface area contributed by atoms with Gasteiger partial charge in [-0.2, -0.15) is 5.10 Å². The number of hydrogen-bond donors (Lipinski definition) is 3. The van der Waals surface area contributed by atoms with E-state index in [4.69, 9.17) is 0 Å². The molecule has 0 aromatic carbocycles. The molecule has 0 amide bonds. The molecule has 2 aromatic heterocycles. The Kier molecular flexibility index (Phi) is 4.94. The van der Waals surface area contributed by atoms with Crippen molar-refractivity contribution in [3.05, 3.63) is 36.4 Å². The Balaban J connectivity index is 1.83. The van der Waals surface area contributed by atoms with E-state index in [1.54, 1.807) is 16.9 Å². The van der Waals surface area contributed by atoms with Crippen LogP contribution in [-0.4, -0.2) is 36.8 Å². The summed E-state index contributed by atoms with van der Waals surface area (Å²) in [5, 5.41) is 7.02. The minimum absolute atomic E-state index is 0.266. The Morgan fingerprint density at radius 1 is 1.45 bits per heavy atom. The summed E-state index contributed by atoms with van der Waals surface area (Å²) in [6.45, 7) is 1.68. The first-order valence-electron chi connectivity index (χ1n) is 6.41. The number of aromatic amines is 1. The number of nitrogens with zero attached hydrogens (tertiary/aromatic N) is 2. The van der Waals surface area contributed by atoms with Crippen molar-refractivity contribution >= 4 is 10.0 Å². The molecule has 0 radical (unpaired) electrons. The van der Waals surface area contributed by atoms with Gasteiger partial charge < -0.3 is 10.3 Å². The third-order valence-corrected chi connectivity index (χ3v) is 4.25. The van der Waals surface area contributed by atoms with E-state index in [1.165, 1.54) is 6.20 Å². The molecule has 2 aromatic rings. The zero-order valence-corrected chi connectivity index (χ0v) is 12.2. The van der Waals surface area contributed by atoms with Crippen LogP contribution in [0.1, 0.15) is 12.1 Å². The summed E-state index contributed by atoms with van der Waals surface area (Å²) in [5.41, 5.74) is 0.837. The second-order valence-electron chi connectivity index (χ2n) is 4.41. The lowest BCUT2D eigenvalue weighted by molar-refractivity contribution is 0.553. The molecule has 0 unspecified atom stereocenters. The molecule has 2 heterocycles. The molecule has 0 aliphatic heterocycles. The number of H-pyrrole nitrogens is 1. The first-order chi connectivity index (χ1) is 9.62. The smallest absolute Gasteiger partial charge is 0.242 e. The molecule has 0 atom stereocenters. The Hall–Kier alpha value is -1.64. The zero-order chi connectivity index (χ0) is 14.4. The summed E-state index contributed by atoms with van der Waals surface area (Å²) in [6.07, 6.45) is 5.75. The number of nitrogens with one attached hydrogen (secondary N) is 3. The first kappa shape index (κ1) is 14.8. The predicted molar refractivity (Wildman–Crippen MR) is 75.6 cm³/mol. The maximum atomic E-state index is 12.0. The summed E-state index contributed by atoms with van der Waals surface area (Å²) in [7, 11) is -1.63. The van der Waals surface area contributed by atoms with Crippen LogP contribution in [0.2, 0.25) is 0 Å². The van der Waals surface area contributed by atoms with E-state index in [2.05, 4.69) is 20.1 Å². The quantitative estimate of drug-likeness (QED) is 0.611. The van der Waals surface area contributed by atoms with Crippen LogP contribution in [0.4, 0.5) is 0 Å². The Labute approximate surface area is 118 Å².